The molecule has 2 heterocycles. The second kappa shape index (κ2) is 9.43. The molecular weight excluding hydrogens is 430 g/mol. The van der Waals surface area contributed by atoms with Gasteiger partial charge >= 0.3 is 5.97 Å². The van der Waals surface area contributed by atoms with Gasteiger partial charge in [-0.1, -0.05) is 48.5 Å². The third-order valence-corrected chi connectivity index (χ3v) is 6.03. The molecule has 4 aromatic rings. The predicted octanol–water partition coefficient (Wildman–Crippen LogP) is 5.57. The molecule has 0 amide bonds. The van der Waals surface area contributed by atoms with E-state index in [1.807, 2.05) is 55.5 Å². The molecule has 1 unspecified atom stereocenters. The maximum atomic E-state index is 11.2. The van der Waals surface area contributed by atoms with Gasteiger partial charge in [-0.15, -0.1) is 0 Å². The average molecular weight is 456 g/mol. The van der Waals surface area contributed by atoms with E-state index in [1.165, 1.54) is 5.56 Å². The molecule has 0 aliphatic carbocycles. The Morgan fingerprint density at radius 2 is 1.76 bits per heavy atom. The summed E-state index contributed by atoms with van der Waals surface area (Å²) in [4.78, 5) is 15.9. The fourth-order valence-corrected chi connectivity index (χ4v) is 4.09. The Bertz CT molecular complexity index is 1290. The van der Waals surface area contributed by atoms with Gasteiger partial charge in [-0.05, 0) is 48.2 Å². The van der Waals surface area contributed by atoms with Gasteiger partial charge in [0.05, 0.1) is 18.2 Å². The summed E-state index contributed by atoms with van der Waals surface area (Å²) in [6.45, 7) is 2.53. The van der Waals surface area contributed by atoms with Crippen molar-refractivity contribution in [3.63, 3.8) is 0 Å². The average Bonchev–Trinajstić information content (AvgIpc) is 3.24. The fourth-order valence-electron chi connectivity index (χ4n) is 4.09. The van der Waals surface area contributed by atoms with Crippen molar-refractivity contribution in [2.24, 2.45) is 5.92 Å². The van der Waals surface area contributed by atoms with E-state index in [0.717, 1.165) is 28.1 Å². The van der Waals surface area contributed by atoms with Crippen LogP contribution in [0.4, 0.5) is 0 Å². The van der Waals surface area contributed by atoms with E-state index in [-0.39, 0.29) is 6.61 Å². The number of carboxylic acid groups (broad SMARTS) is 1. The molecule has 6 heteroatoms. The molecule has 0 radical (unpaired) electrons. The number of fused-ring (bicyclic) bond motifs is 1. The smallest absolute Gasteiger partial charge is 0.310 e. The molecule has 0 fully saturated rings. The number of hydrogen-bond acceptors (Lipinski definition) is 5. The fraction of sp³-hybridized carbons (Fsp3) is 0.214. The van der Waals surface area contributed by atoms with Crippen LogP contribution in [0.1, 0.15) is 17.0 Å². The molecule has 0 bridgehead atoms. The van der Waals surface area contributed by atoms with Crippen LogP contribution in [0.25, 0.3) is 22.6 Å². The zero-order valence-corrected chi connectivity index (χ0v) is 18.9. The first-order valence-corrected chi connectivity index (χ1v) is 11.3. The van der Waals surface area contributed by atoms with E-state index in [0.29, 0.717) is 36.8 Å². The summed E-state index contributed by atoms with van der Waals surface area (Å²) in [5.41, 5.74) is 5.00. The van der Waals surface area contributed by atoms with Crippen LogP contribution in [0.3, 0.4) is 0 Å². The SMILES string of the molecule is Cc1oc(-c2ccc(-c3ccccc3)cc2)nc1CCOc1ccc2c(c1)OCC(C(=O)O)C2. The van der Waals surface area contributed by atoms with Crippen molar-refractivity contribution in [3.8, 4) is 34.1 Å². The summed E-state index contributed by atoms with van der Waals surface area (Å²) >= 11 is 0. The van der Waals surface area contributed by atoms with E-state index >= 15 is 0 Å². The van der Waals surface area contributed by atoms with Gasteiger partial charge in [0.1, 0.15) is 23.9 Å². The minimum absolute atomic E-state index is 0.180. The molecule has 1 aliphatic heterocycles. The Labute approximate surface area is 197 Å². The summed E-state index contributed by atoms with van der Waals surface area (Å²) in [5.74, 6) is 1.42. The lowest BCUT2D eigenvalue weighted by Crippen LogP contribution is -2.27. The predicted molar refractivity (Wildman–Crippen MR) is 128 cm³/mol. The van der Waals surface area contributed by atoms with Gasteiger partial charge < -0.3 is 19.0 Å². The first kappa shape index (κ1) is 21.8. The van der Waals surface area contributed by atoms with E-state index in [2.05, 4.69) is 29.2 Å². The van der Waals surface area contributed by atoms with Gasteiger partial charge in [0, 0.05) is 18.1 Å². The summed E-state index contributed by atoms with van der Waals surface area (Å²) in [6.07, 6.45) is 1.08. The maximum absolute atomic E-state index is 11.2. The normalized spacial score (nSPS) is 14.8. The minimum atomic E-state index is -0.833. The number of aromatic nitrogens is 1. The van der Waals surface area contributed by atoms with E-state index in [4.69, 9.17) is 13.9 Å². The second-order valence-corrected chi connectivity index (χ2v) is 8.38. The van der Waals surface area contributed by atoms with E-state index in [1.54, 1.807) is 0 Å². The number of carboxylic acids is 1. The Kier molecular flexibility index (Phi) is 6.04. The van der Waals surface area contributed by atoms with Gasteiger partial charge in [0.15, 0.2) is 0 Å². The van der Waals surface area contributed by atoms with Gasteiger partial charge in [-0.25, -0.2) is 4.98 Å². The molecule has 5 rings (SSSR count). The lowest BCUT2D eigenvalue weighted by molar-refractivity contribution is -0.143. The third kappa shape index (κ3) is 4.66. The Balaban J connectivity index is 1.21. The van der Waals surface area contributed by atoms with Crippen LogP contribution < -0.4 is 9.47 Å². The standard InChI is InChI=1S/C28H25NO5/c1-18-25(13-14-32-24-12-11-22-15-23(28(30)31)17-33-26(22)16-24)29-27(34-18)21-9-7-20(8-10-21)19-5-3-2-4-6-19/h2-12,16,23H,13-15,17H2,1H3,(H,30,31). The third-order valence-electron chi connectivity index (χ3n) is 6.03. The van der Waals surface area contributed by atoms with Crippen LogP contribution in [-0.4, -0.2) is 29.3 Å². The Hall–Kier alpha value is -4.06. The molecule has 1 atom stereocenters. The van der Waals surface area contributed by atoms with Crippen LogP contribution in [0, 0.1) is 12.8 Å². The summed E-state index contributed by atoms with van der Waals surface area (Å²) in [6, 6.07) is 24.0. The molecule has 3 aromatic carbocycles. The van der Waals surface area contributed by atoms with Gasteiger partial charge in [0.25, 0.3) is 0 Å². The van der Waals surface area contributed by atoms with Crippen LogP contribution in [0.15, 0.2) is 77.2 Å². The molecule has 172 valence electrons. The lowest BCUT2D eigenvalue weighted by Gasteiger charge is -2.23. The molecular formula is C28H25NO5. The van der Waals surface area contributed by atoms with Crippen molar-refractivity contribution < 1.29 is 23.8 Å². The number of nitrogens with zero attached hydrogens (tertiary/aromatic N) is 1. The van der Waals surface area contributed by atoms with Crippen LogP contribution in [-0.2, 0) is 17.6 Å². The highest BCUT2D eigenvalue weighted by Crippen LogP contribution is 2.31. The first-order valence-electron chi connectivity index (χ1n) is 11.3. The molecule has 1 aliphatic rings. The molecule has 6 nitrogen and oxygen atoms in total. The molecule has 0 saturated heterocycles. The van der Waals surface area contributed by atoms with Crippen molar-refractivity contribution in [3.05, 3.63) is 89.8 Å². The lowest BCUT2D eigenvalue weighted by atomic mass is 9.97. The number of aliphatic carboxylic acids is 1. The highest BCUT2D eigenvalue weighted by atomic mass is 16.5. The van der Waals surface area contributed by atoms with Crippen molar-refractivity contribution >= 4 is 5.97 Å². The van der Waals surface area contributed by atoms with Crippen molar-refractivity contribution in [1.29, 1.82) is 0 Å². The highest BCUT2D eigenvalue weighted by Gasteiger charge is 2.25. The Morgan fingerprint density at radius 3 is 2.53 bits per heavy atom. The molecule has 0 saturated carbocycles. The number of aryl methyl sites for hydroxylation is 1. The molecule has 1 aromatic heterocycles. The molecule has 1 N–H and O–H groups in total. The van der Waals surface area contributed by atoms with Crippen LogP contribution in [0.2, 0.25) is 0 Å². The van der Waals surface area contributed by atoms with Crippen LogP contribution >= 0.6 is 0 Å². The van der Waals surface area contributed by atoms with Gasteiger partial charge in [-0.2, -0.15) is 0 Å². The van der Waals surface area contributed by atoms with Crippen molar-refractivity contribution in [1.82, 2.24) is 4.98 Å². The number of benzene rings is 3. The Morgan fingerprint density at radius 1 is 1.03 bits per heavy atom. The first-order chi connectivity index (χ1) is 16.6. The summed E-state index contributed by atoms with van der Waals surface area (Å²) in [5, 5.41) is 9.18. The number of oxazole rings is 1. The van der Waals surface area contributed by atoms with E-state index in [9.17, 15) is 9.90 Å². The van der Waals surface area contributed by atoms with Gasteiger partial charge in [0.2, 0.25) is 5.89 Å². The highest BCUT2D eigenvalue weighted by molar-refractivity contribution is 5.71. The summed E-state index contributed by atoms with van der Waals surface area (Å²) < 4.78 is 17.4. The largest absolute Gasteiger partial charge is 0.493 e. The van der Waals surface area contributed by atoms with Gasteiger partial charge in [-0.3, -0.25) is 4.79 Å². The second-order valence-electron chi connectivity index (χ2n) is 8.38. The topological polar surface area (TPSA) is 81.8 Å². The zero-order valence-electron chi connectivity index (χ0n) is 18.9. The number of hydrogen-bond donors (Lipinski definition) is 1. The van der Waals surface area contributed by atoms with E-state index < -0.39 is 11.9 Å². The minimum Gasteiger partial charge on any atom is -0.493 e. The number of rotatable bonds is 7. The quantitative estimate of drug-likeness (QED) is 0.392. The summed E-state index contributed by atoms with van der Waals surface area (Å²) in [7, 11) is 0. The molecule has 0 spiro atoms. The number of carbonyl (C=O) groups is 1. The number of ether oxygens (including phenoxy) is 2. The zero-order chi connectivity index (χ0) is 23.5. The van der Waals surface area contributed by atoms with Crippen molar-refractivity contribution in [2.45, 2.75) is 19.8 Å². The molecule has 34 heavy (non-hydrogen) atoms. The van der Waals surface area contributed by atoms with Crippen molar-refractivity contribution in [2.75, 3.05) is 13.2 Å². The monoisotopic (exact) mass is 455 g/mol. The van der Waals surface area contributed by atoms with Crippen LogP contribution in [0.5, 0.6) is 11.5 Å². The maximum Gasteiger partial charge on any atom is 0.310 e.